The van der Waals surface area contributed by atoms with Crippen LogP contribution >= 0.6 is 11.6 Å². The summed E-state index contributed by atoms with van der Waals surface area (Å²) in [7, 11) is -8.65. The second kappa shape index (κ2) is 7.99. The van der Waals surface area contributed by atoms with E-state index in [1.807, 2.05) is 0 Å². The van der Waals surface area contributed by atoms with Crippen LogP contribution < -0.4 is 15.6 Å². The Morgan fingerprint density at radius 1 is 0.848 bits per heavy atom. The summed E-state index contributed by atoms with van der Waals surface area (Å²) in [6, 6.07) is 17.3. The van der Waals surface area contributed by atoms with Gasteiger partial charge in [-0.15, -0.1) is 0 Å². The van der Waals surface area contributed by atoms with Crippen molar-refractivity contribution in [3.63, 3.8) is 0 Å². The zero-order valence-electron chi connectivity index (χ0n) is 16.9. The first-order valence-electron chi connectivity index (χ1n) is 9.50. The largest absolute Gasteiger partial charge is 0.399 e. The number of hydrogen-bond acceptors (Lipinski definition) is 6. The van der Waals surface area contributed by atoms with E-state index in [9.17, 15) is 21.6 Å². The summed E-state index contributed by atoms with van der Waals surface area (Å²) in [5.41, 5.74) is 5.96. The predicted octanol–water partition coefficient (Wildman–Crippen LogP) is 2.47. The highest BCUT2D eigenvalue weighted by Gasteiger charge is 2.49. The monoisotopic (exact) mass is 503 g/mol. The molecule has 0 spiro atoms. The normalized spacial score (nSPS) is 19.2. The van der Waals surface area contributed by atoms with Crippen LogP contribution in [0.3, 0.4) is 0 Å². The maximum absolute atomic E-state index is 13.5. The van der Waals surface area contributed by atoms with Crippen LogP contribution in [0.1, 0.15) is 5.56 Å². The summed E-state index contributed by atoms with van der Waals surface area (Å²) in [6.07, 6.45) is 2.06. The molecule has 1 atom stereocenters. The number of nitrogen functional groups attached to an aromatic ring is 1. The van der Waals surface area contributed by atoms with E-state index in [2.05, 4.69) is 4.72 Å². The van der Waals surface area contributed by atoms with E-state index < -0.39 is 35.6 Å². The molecule has 0 aliphatic heterocycles. The van der Waals surface area contributed by atoms with Crippen LogP contribution in [0.5, 0.6) is 0 Å². The molecule has 5 N–H and O–H groups in total. The van der Waals surface area contributed by atoms with Gasteiger partial charge in [0, 0.05) is 5.69 Å². The topological polar surface area (TPSA) is 149 Å². The maximum Gasteiger partial charge on any atom is 0.261 e. The highest BCUT2D eigenvalue weighted by Crippen LogP contribution is 2.45. The molecule has 33 heavy (non-hydrogen) atoms. The van der Waals surface area contributed by atoms with Crippen molar-refractivity contribution in [2.24, 2.45) is 5.14 Å². The molecule has 1 unspecified atom stereocenters. The average molecular weight is 504 g/mol. The van der Waals surface area contributed by atoms with Crippen LogP contribution in [-0.4, -0.2) is 22.6 Å². The Labute approximate surface area is 195 Å². The Hall–Kier alpha value is -3.18. The number of primary sulfonamides is 1. The highest BCUT2D eigenvalue weighted by molar-refractivity contribution is 7.94. The third-order valence-corrected chi connectivity index (χ3v) is 8.11. The molecule has 0 saturated heterocycles. The molecule has 1 aliphatic carbocycles. The number of ketones is 1. The number of nitrogens with one attached hydrogen (secondary N) is 1. The lowest BCUT2D eigenvalue weighted by atomic mass is 9.84. The predicted molar refractivity (Wildman–Crippen MR) is 127 cm³/mol. The van der Waals surface area contributed by atoms with E-state index in [1.54, 1.807) is 36.4 Å². The molecule has 0 amide bonds. The van der Waals surface area contributed by atoms with Crippen molar-refractivity contribution in [1.82, 2.24) is 4.72 Å². The standard InChI is InChI=1S/C22H18ClN3O5S2/c23-22(18-7-3-5-14-4-1-2-6-17(14)18)20(13-12-19(21(22)27)32(25,28)29)26-33(30,31)16-10-8-15(24)9-11-16/h1-13,26H,24H2,(H2,25,28,29). The highest BCUT2D eigenvalue weighted by atomic mass is 35.5. The Kier molecular flexibility index (Phi) is 5.57. The van der Waals surface area contributed by atoms with Gasteiger partial charge in [0.05, 0.1) is 10.6 Å². The number of carbonyl (C=O) groups is 1. The fraction of sp³-hybridized carbons (Fsp3) is 0.0455. The van der Waals surface area contributed by atoms with Crippen molar-refractivity contribution in [1.29, 1.82) is 0 Å². The van der Waals surface area contributed by atoms with Crippen LogP contribution in [-0.2, 0) is 29.7 Å². The second-order valence-electron chi connectivity index (χ2n) is 7.35. The number of hydrogen-bond donors (Lipinski definition) is 3. The van der Waals surface area contributed by atoms with Crippen molar-refractivity contribution in [2.45, 2.75) is 9.77 Å². The minimum Gasteiger partial charge on any atom is -0.399 e. The molecule has 3 aromatic carbocycles. The number of nitrogens with two attached hydrogens (primary N) is 2. The minimum absolute atomic E-state index is 0.122. The van der Waals surface area contributed by atoms with Gasteiger partial charge in [-0.25, -0.2) is 22.0 Å². The smallest absolute Gasteiger partial charge is 0.261 e. The Morgan fingerprint density at radius 2 is 1.48 bits per heavy atom. The zero-order chi connectivity index (χ0) is 24.0. The average Bonchev–Trinajstić information content (AvgIpc) is 2.76. The van der Waals surface area contributed by atoms with Crippen molar-refractivity contribution < 1.29 is 21.6 Å². The van der Waals surface area contributed by atoms with Crippen molar-refractivity contribution in [3.05, 3.63) is 95.0 Å². The van der Waals surface area contributed by atoms with Crippen LogP contribution in [0.25, 0.3) is 10.8 Å². The number of rotatable bonds is 5. The third-order valence-electron chi connectivity index (χ3n) is 5.21. The van der Waals surface area contributed by atoms with E-state index in [0.717, 1.165) is 17.5 Å². The van der Waals surface area contributed by atoms with Gasteiger partial charge in [-0.05, 0) is 52.8 Å². The zero-order valence-corrected chi connectivity index (χ0v) is 19.3. The lowest BCUT2D eigenvalue weighted by Gasteiger charge is -2.33. The van der Waals surface area contributed by atoms with E-state index >= 15 is 0 Å². The Balaban J connectivity index is 1.94. The van der Waals surface area contributed by atoms with Gasteiger partial charge in [0.15, 0.2) is 4.87 Å². The van der Waals surface area contributed by atoms with Gasteiger partial charge in [0.2, 0.25) is 15.8 Å². The number of fused-ring (bicyclic) bond motifs is 1. The lowest BCUT2D eigenvalue weighted by Crippen LogP contribution is -2.44. The minimum atomic E-state index is -4.44. The first-order valence-corrected chi connectivity index (χ1v) is 12.9. The van der Waals surface area contributed by atoms with Gasteiger partial charge in [-0.3, -0.25) is 9.52 Å². The van der Waals surface area contributed by atoms with Gasteiger partial charge < -0.3 is 5.73 Å². The molecule has 0 saturated carbocycles. The molecule has 0 aromatic heterocycles. The van der Waals surface area contributed by atoms with E-state index in [4.69, 9.17) is 22.5 Å². The molecule has 8 nitrogen and oxygen atoms in total. The molecule has 0 radical (unpaired) electrons. The molecule has 0 heterocycles. The summed E-state index contributed by atoms with van der Waals surface area (Å²) in [6.45, 7) is 0. The fourth-order valence-electron chi connectivity index (χ4n) is 3.61. The number of sulfonamides is 2. The lowest BCUT2D eigenvalue weighted by molar-refractivity contribution is -0.116. The quantitative estimate of drug-likeness (QED) is 0.359. The van der Waals surface area contributed by atoms with Crippen LogP contribution in [0.4, 0.5) is 5.69 Å². The number of alkyl halides is 1. The molecule has 11 heteroatoms. The summed E-state index contributed by atoms with van der Waals surface area (Å²) in [5.74, 6) is -1.07. The van der Waals surface area contributed by atoms with Crippen molar-refractivity contribution in [2.75, 3.05) is 5.73 Å². The van der Waals surface area contributed by atoms with Crippen LogP contribution in [0.2, 0.25) is 0 Å². The SMILES string of the molecule is Nc1ccc(S(=O)(=O)NC2=CC=C(S(N)(=O)=O)C(=O)C2(Cl)c2cccc3ccccc23)cc1. The van der Waals surface area contributed by atoms with Gasteiger partial charge in [0.25, 0.3) is 10.0 Å². The number of Topliss-reactive ketones (excluding diaryl/α,β-unsaturated/α-hetero) is 1. The summed E-state index contributed by atoms with van der Waals surface area (Å²) in [5, 5.41) is 6.49. The molecule has 1 aliphatic rings. The van der Waals surface area contributed by atoms with Crippen LogP contribution in [0, 0.1) is 0 Å². The van der Waals surface area contributed by atoms with E-state index in [1.165, 1.54) is 30.3 Å². The van der Waals surface area contributed by atoms with Gasteiger partial charge in [-0.1, -0.05) is 54.1 Å². The maximum atomic E-state index is 13.5. The first-order chi connectivity index (χ1) is 15.4. The summed E-state index contributed by atoms with van der Waals surface area (Å²) < 4.78 is 52.6. The molecule has 4 rings (SSSR count). The van der Waals surface area contributed by atoms with Crippen molar-refractivity contribution in [3.8, 4) is 0 Å². The van der Waals surface area contributed by atoms with E-state index in [0.29, 0.717) is 11.1 Å². The number of allylic oxidation sites excluding steroid dienone is 4. The Bertz CT molecular complexity index is 1560. The van der Waals surface area contributed by atoms with Gasteiger partial charge >= 0.3 is 0 Å². The second-order valence-corrected chi connectivity index (χ2v) is 11.1. The number of halogens is 1. The number of benzene rings is 3. The molecule has 3 aromatic rings. The third kappa shape index (κ3) is 4.02. The summed E-state index contributed by atoms with van der Waals surface area (Å²) >= 11 is 6.89. The number of anilines is 1. The fourth-order valence-corrected chi connectivity index (χ4v) is 5.89. The molecule has 170 valence electrons. The van der Waals surface area contributed by atoms with Gasteiger partial charge in [-0.2, -0.15) is 0 Å². The molecule has 0 fully saturated rings. The molecular weight excluding hydrogens is 486 g/mol. The van der Waals surface area contributed by atoms with Gasteiger partial charge in [0.1, 0.15) is 4.91 Å². The van der Waals surface area contributed by atoms with E-state index in [-0.39, 0.29) is 16.2 Å². The first kappa shape index (κ1) is 23.0. The number of carbonyl (C=O) groups excluding carboxylic acids is 1. The Morgan fingerprint density at radius 3 is 2.15 bits per heavy atom. The molecule has 0 bridgehead atoms. The van der Waals surface area contributed by atoms with Crippen molar-refractivity contribution >= 4 is 53.9 Å². The molecular formula is C22H18ClN3O5S2. The van der Waals surface area contributed by atoms with Crippen LogP contribution in [0.15, 0.2) is 94.4 Å². The summed E-state index contributed by atoms with van der Waals surface area (Å²) in [4.78, 5) is 10.4.